The van der Waals surface area contributed by atoms with Crippen LogP contribution in [0.2, 0.25) is 0 Å². The lowest BCUT2D eigenvalue weighted by Gasteiger charge is -2.16. The lowest BCUT2D eigenvalue weighted by molar-refractivity contribution is -0.128. The second kappa shape index (κ2) is 6.50. The summed E-state index contributed by atoms with van der Waals surface area (Å²) in [5.74, 6) is -1.14. The minimum absolute atomic E-state index is 0.00661. The molecule has 0 saturated carbocycles. The maximum absolute atomic E-state index is 13.5. The molecule has 4 nitrogen and oxygen atoms in total. The maximum atomic E-state index is 13.5. The summed E-state index contributed by atoms with van der Waals surface area (Å²) in [5, 5.41) is 2.56. The fourth-order valence-corrected chi connectivity index (χ4v) is 2.31. The lowest BCUT2D eigenvalue weighted by Crippen LogP contribution is -2.29. The van der Waals surface area contributed by atoms with Crippen molar-refractivity contribution in [1.29, 1.82) is 0 Å². The van der Waals surface area contributed by atoms with Crippen LogP contribution in [0, 0.1) is 11.7 Å². The van der Waals surface area contributed by atoms with Crippen LogP contribution in [-0.2, 0) is 9.59 Å². The van der Waals surface area contributed by atoms with Crippen molar-refractivity contribution in [3.63, 3.8) is 0 Å². The number of nitrogens with zero attached hydrogens (tertiary/aromatic N) is 1. The van der Waals surface area contributed by atoms with E-state index in [1.807, 2.05) is 0 Å². The number of amides is 2. The van der Waals surface area contributed by atoms with Gasteiger partial charge in [-0.1, -0.05) is 25.5 Å². The van der Waals surface area contributed by atoms with Crippen LogP contribution < -0.4 is 5.32 Å². The molecule has 1 aliphatic rings. The molecule has 0 aliphatic carbocycles. The van der Waals surface area contributed by atoms with E-state index in [2.05, 4.69) is 12.2 Å². The van der Waals surface area contributed by atoms with Gasteiger partial charge in [0.25, 0.3) is 0 Å². The zero-order chi connectivity index (χ0) is 14.5. The zero-order valence-electron chi connectivity index (χ0n) is 11.6. The van der Waals surface area contributed by atoms with Crippen molar-refractivity contribution >= 4 is 17.5 Å². The lowest BCUT2D eigenvalue weighted by atomic mass is 10.1. The fraction of sp³-hybridized carbons (Fsp3) is 0.467. The Labute approximate surface area is 118 Å². The number of para-hydroxylation sites is 1. The summed E-state index contributed by atoms with van der Waals surface area (Å²) < 4.78 is 13.5. The van der Waals surface area contributed by atoms with Crippen LogP contribution in [0.15, 0.2) is 24.3 Å². The molecule has 5 heteroatoms. The molecule has 1 aromatic rings. The Morgan fingerprint density at radius 2 is 2.20 bits per heavy atom. The van der Waals surface area contributed by atoms with E-state index in [4.69, 9.17) is 0 Å². The second-order valence-electron chi connectivity index (χ2n) is 5.06. The molecule has 0 aromatic heterocycles. The number of benzene rings is 1. The van der Waals surface area contributed by atoms with Crippen LogP contribution in [0.5, 0.6) is 0 Å². The molecule has 1 N–H and O–H groups in total. The van der Waals surface area contributed by atoms with Gasteiger partial charge in [-0.3, -0.25) is 9.59 Å². The van der Waals surface area contributed by atoms with Crippen molar-refractivity contribution in [3.05, 3.63) is 30.1 Å². The molecule has 0 radical (unpaired) electrons. The Kier molecular flexibility index (Phi) is 4.71. The number of halogens is 1. The monoisotopic (exact) mass is 278 g/mol. The summed E-state index contributed by atoms with van der Waals surface area (Å²) >= 11 is 0. The van der Waals surface area contributed by atoms with Gasteiger partial charge in [0.15, 0.2) is 0 Å². The van der Waals surface area contributed by atoms with E-state index in [0.29, 0.717) is 13.1 Å². The molecular weight excluding hydrogens is 259 g/mol. The van der Waals surface area contributed by atoms with Crippen LogP contribution in [0.25, 0.3) is 0 Å². The molecule has 2 rings (SSSR count). The van der Waals surface area contributed by atoms with Crippen LogP contribution in [0.4, 0.5) is 10.1 Å². The number of rotatable bonds is 5. The molecule has 1 heterocycles. The topological polar surface area (TPSA) is 49.4 Å². The zero-order valence-corrected chi connectivity index (χ0v) is 11.6. The molecule has 1 atom stereocenters. The highest BCUT2D eigenvalue weighted by molar-refractivity contribution is 5.97. The summed E-state index contributed by atoms with van der Waals surface area (Å²) in [6, 6.07) is 6.03. The first kappa shape index (κ1) is 14.5. The number of carbonyl (C=O) groups is 2. The average molecular weight is 278 g/mol. The van der Waals surface area contributed by atoms with Crippen molar-refractivity contribution in [3.8, 4) is 0 Å². The van der Waals surface area contributed by atoms with Gasteiger partial charge >= 0.3 is 0 Å². The Hall–Kier alpha value is -1.91. The van der Waals surface area contributed by atoms with E-state index >= 15 is 0 Å². The normalized spacial score (nSPS) is 18.4. The summed E-state index contributed by atoms with van der Waals surface area (Å²) in [6.45, 7) is 3.18. The van der Waals surface area contributed by atoms with Crippen molar-refractivity contribution in [1.82, 2.24) is 4.90 Å². The molecule has 0 bridgehead atoms. The van der Waals surface area contributed by atoms with Gasteiger partial charge in [0.2, 0.25) is 11.8 Å². The molecule has 1 aliphatic heterocycles. The van der Waals surface area contributed by atoms with E-state index in [1.165, 1.54) is 12.1 Å². The third kappa shape index (κ3) is 3.35. The maximum Gasteiger partial charge on any atom is 0.229 e. The first-order valence-electron chi connectivity index (χ1n) is 6.95. The van der Waals surface area contributed by atoms with Gasteiger partial charge in [-0.25, -0.2) is 4.39 Å². The number of unbranched alkanes of at least 4 members (excludes halogenated alkanes) is 1. The molecule has 20 heavy (non-hydrogen) atoms. The predicted molar refractivity (Wildman–Crippen MR) is 74.6 cm³/mol. The quantitative estimate of drug-likeness (QED) is 0.899. The highest BCUT2D eigenvalue weighted by Gasteiger charge is 2.34. The van der Waals surface area contributed by atoms with Gasteiger partial charge in [0.05, 0.1) is 11.6 Å². The summed E-state index contributed by atoms with van der Waals surface area (Å²) in [7, 11) is 0. The Morgan fingerprint density at radius 3 is 2.90 bits per heavy atom. The van der Waals surface area contributed by atoms with Gasteiger partial charge in [0, 0.05) is 19.5 Å². The summed E-state index contributed by atoms with van der Waals surface area (Å²) in [5.41, 5.74) is 0.164. The molecule has 1 fully saturated rings. The van der Waals surface area contributed by atoms with E-state index in [-0.39, 0.29) is 29.8 Å². The Balaban J connectivity index is 1.94. The highest BCUT2D eigenvalue weighted by atomic mass is 19.1. The number of likely N-dealkylation sites (tertiary alicyclic amines) is 1. The van der Waals surface area contributed by atoms with Crippen LogP contribution in [0.1, 0.15) is 26.2 Å². The van der Waals surface area contributed by atoms with Crippen LogP contribution in [-0.4, -0.2) is 29.8 Å². The molecule has 108 valence electrons. The third-order valence-electron chi connectivity index (χ3n) is 3.50. The second-order valence-corrected chi connectivity index (χ2v) is 5.06. The number of anilines is 1. The van der Waals surface area contributed by atoms with Gasteiger partial charge < -0.3 is 10.2 Å². The molecule has 2 amide bonds. The molecule has 1 unspecified atom stereocenters. The average Bonchev–Trinajstić information content (AvgIpc) is 2.80. The summed E-state index contributed by atoms with van der Waals surface area (Å²) in [4.78, 5) is 25.6. The van der Waals surface area contributed by atoms with Gasteiger partial charge in [0.1, 0.15) is 5.82 Å². The van der Waals surface area contributed by atoms with E-state index < -0.39 is 5.82 Å². The van der Waals surface area contributed by atoms with Gasteiger partial charge in [-0.05, 0) is 18.6 Å². The smallest absolute Gasteiger partial charge is 0.229 e. The molecule has 0 spiro atoms. The van der Waals surface area contributed by atoms with Gasteiger partial charge in [-0.2, -0.15) is 0 Å². The third-order valence-corrected chi connectivity index (χ3v) is 3.50. The van der Waals surface area contributed by atoms with E-state index in [1.54, 1.807) is 17.0 Å². The summed E-state index contributed by atoms with van der Waals surface area (Å²) in [6.07, 6.45) is 2.16. The predicted octanol–water partition coefficient (Wildman–Crippen LogP) is 2.41. The molecular formula is C15H19FN2O2. The minimum Gasteiger partial charge on any atom is -0.342 e. The highest BCUT2D eigenvalue weighted by Crippen LogP contribution is 2.21. The molecule has 1 aromatic carbocycles. The Bertz CT molecular complexity index is 504. The number of hydrogen-bond donors (Lipinski definition) is 1. The van der Waals surface area contributed by atoms with Crippen LogP contribution >= 0.6 is 0 Å². The number of hydrogen-bond acceptors (Lipinski definition) is 2. The first-order chi connectivity index (χ1) is 9.61. The van der Waals surface area contributed by atoms with E-state index in [9.17, 15) is 14.0 Å². The number of nitrogens with one attached hydrogen (secondary N) is 1. The first-order valence-corrected chi connectivity index (χ1v) is 6.95. The molecule has 1 saturated heterocycles. The van der Waals surface area contributed by atoms with Crippen molar-refractivity contribution in [2.24, 2.45) is 5.92 Å². The Morgan fingerprint density at radius 1 is 1.45 bits per heavy atom. The SMILES string of the molecule is CCCCN1CC(C(=O)Nc2ccccc2F)CC1=O. The largest absolute Gasteiger partial charge is 0.342 e. The number of carbonyl (C=O) groups excluding carboxylic acids is 2. The standard InChI is InChI=1S/C15H19FN2O2/c1-2-3-8-18-10-11(9-14(18)19)15(20)17-13-7-5-4-6-12(13)16/h4-7,11H,2-3,8-10H2,1H3,(H,17,20). The van der Waals surface area contributed by atoms with Crippen molar-refractivity contribution in [2.75, 3.05) is 18.4 Å². The van der Waals surface area contributed by atoms with E-state index in [0.717, 1.165) is 12.8 Å². The fourth-order valence-electron chi connectivity index (χ4n) is 2.31. The van der Waals surface area contributed by atoms with Crippen molar-refractivity contribution < 1.29 is 14.0 Å². The van der Waals surface area contributed by atoms with Crippen LogP contribution in [0.3, 0.4) is 0 Å². The minimum atomic E-state index is -0.465. The van der Waals surface area contributed by atoms with Gasteiger partial charge in [-0.15, -0.1) is 0 Å². The van der Waals surface area contributed by atoms with Crippen molar-refractivity contribution in [2.45, 2.75) is 26.2 Å².